The molecule has 3 atom stereocenters. The van der Waals surface area contributed by atoms with Crippen LogP contribution in [0.3, 0.4) is 0 Å². The van der Waals surface area contributed by atoms with Gasteiger partial charge < -0.3 is 20.1 Å². The molecule has 2 aromatic carbocycles. The van der Waals surface area contributed by atoms with E-state index in [1.54, 1.807) is 0 Å². The van der Waals surface area contributed by atoms with Crippen LogP contribution in [0.15, 0.2) is 30.5 Å². The van der Waals surface area contributed by atoms with E-state index in [2.05, 4.69) is 31.0 Å². The molecule has 2 unspecified atom stereocenters. The third-order valence-corrected chi connectivity index (χ3v) is 10.1. The Morgan fingerprint density at radius 3 is 2.80 bits per heavy atom. The molecule has 4 aliphatic rings. The van der Waals surface area contributed by atoms with Crippen molar-refractivity contribution in [3.05, 3.63) is 47.7 Å². The highest BCUT2D eigenvalue weighted by atomic mass is 19.1. The minimum Gasteiger partial charge on any atom is -0.508 e. The third-order valence-electron chi connectivity index (χ3n) is 10.1. The molecule has 0 bridgehead atoms. The van der Waals surface area contributed by atoms with Crippen LogP contribution in [0.5, 0.6) is 11.8 Å². The van der Waals surface area contributed by atoms with Gasteiger partial charge in [-0.3, -0.25) is 9.88 Å². The molecular weight excluding hydrogens is 569 g/mol. The van der Waals surface area contributed by atoms with Gasteiger partial charge in [0, 0.05) is 48.7 Å². The molecule has 1 spiro atoms. The van der Waals surface area contributed by atoms with Gasteiger partial charge in [0.1, 0.15) is 41.4 Å². The number of benzene rings is 2. The van der Waals surface area contributed by atoms with Crippen molar-refractivity contribution in [3.63, 3.8) is 0 Å². The predicted octanol–water partition coefficient (Wildman–Crippen LogP) is 4.71. The Bertz CT molecular complexity index is 1870. The van der Waals surface area contributed by atoms with Crippen LogP contribution in [-0.4, -0.2) is 81.5 Å². The SMILES string of the molecule is C#Cc1c(F)ccc2cc(O)cc(-c3ncc4c(N5CCC6(CCN6)C5)nc(OC[C@@]56CCCN5CC(F)C6)nc4c3F)c12. The van der Waals surface area contributed by atoms with Gasteiger partial charge in [0.2, 0.25) is 0 Å². The second-order valence-electron chi connectivity index (χ2n) is 12.7. The summed E-state index contributed by atoms with van der Waals surface area (Å²) in [5, 5.41) is 15.2. The number of phenols is 1. The maximum Gasteiger partial charge on any atom is 0.319 e. The lowest BCUT2D eigenvalue weighted by Crippen LogP contribution is -2.58. The summed E-state index contributed by atoms with van der Waals surface area (Å²) in [6.07, 6.45) is 10.4. The van der Waals surface area contributed by atoms with Crippen LogP contribution >= 0.6 is 0 Å². The van der Waals surface area contributed by atoms with Gasteiger partial charge in [-0.25, -0.2) is 13.2 Å². The summed E-state index contributed by atoms with van der Waals surface area (Å²) in [4.78, 5) is 18.0. The molecule has 2 aromatic heterocycles. The highest BCUT2D eigenvalue weighted by molar-refractivity contribution is 6.03. The first-order valence-electron chi connectivity index (χ1n) is 15.1. The quantitative estimate of drug-likeness (QED) is 0.319. The second kappa shape index (κ2) is 9.94. The number of ether oxygens (including phenoxy) is 1. The molecule has 0 amide bonds. The number of phenolic OH excluding ortho intramolecular Hbond substituents is 1. The number of anilines is 1. The molecule has 8 nitrogen and oxygen atoms in total. The number of terminal acetylenes is 1. The summed E-state index contributed by atoms with van der Waals surface area (Å²) in [6, 6.07) is 5.47. The average molecular weight is 601 g/mol. The summed E-state index contributed by atoms with van der Waals surface area (Å²) in [6.45, 7) is 3.77. The van der Waals surface area contributed by atoms with Crippen LogP contribution in [-0.2, 0) is 0 Å². The average Bonchev–Trinajstić information content (AvgIpc) is 3.69. The summed E-state index contributed by atoms with van der Waals surface area (Å²) >= 11 is 0. The molecule has 4 fully saturated rings. The number of rotatable bonds is 5. The van der Waals surface area contributed by atoms with E-state index >= 15 is 4.39 Å². The lowest BCUT2D eigenvalue weighted by Gasteiger charge is -2.39. The number of nitrogens with one attached hydrogen (secondary N) is 1. The van der Waals surface area contributed by atoms with Crippen molar-refractivity contribution in [2.75, 3.05) is 44.2 Å². The van der Waals surface area contributed by atoms with Crippen molar-refractivity contribution in [3.8, 4) is 35.4 Å². The predicted molar refractivity (Wildman–Crippen MR) is 161 cm³/mol. The Labute approximate surface area is 252 Å². The van der Waals surface area contributed by atoms with Crippen LogP contribution in [0.4, 0.5) is 19.0 Å². The smallest absolute Gasteiger partial charge is 0.319 e. The van der Waals surface area contributed by atoms with E-state index in [9.17, 15) is 13.9 Å². The van der Waals surface area contributed by atoms with Gasteiger partial charge in [0.25, 0.3) is 0 Å². The topological polar surface area (TPSA) is 86.6 Å². The molecule has 2 N–H and O–H groups in total. The van der Waals surface area contributed by atoms with Crippen LogP contribution < -0.4 is 15.0 Å². The Morgan fingerprint density at radius 2 is 2.02 bits per heavy atom. The van der Waals surface area contributed by atoms with E-state index in [-0.39, 0.29) is 51.6 Å². The summed E-state index contributed by atoms with van der Waals surface area (Å²) < 4.78 is 52.1. The first-order chi connectivity index (χ1) is 21.3. The van der Waals surface area contributed by atoms with Gasteiger partial charge in [-0.15, -0.1) is 6.42 Å². The molecule has 0 aliphatic carbocycles. The van der Waals surface area contributed by atoms with E-state index < -0.39 is 23.3 Å². The number of hydrogen-bond acceptors (Lipinski definition) is 8. The van der Waals surface area contributed by atoms with E-state index in [1.165, 1.54) is 30.5 Å². The van der Waals surface area contributed by atoms with Gasteiger partial charge >= 0.3 is 6.01 Å². The first-order valence-corrected chi connectivity index (χ1v) is 15.1. The first kappa shape index (κ1) is 27.4. The van der Waals surface area contributed by atoms with E-state index in [0.717, 1.165) is 38.8 Å². The molecule has 226 valence electrons. The minimum absolute atomic E-state index is 0.00365. The van der Waals surface area contributed by atoms with Crippen LogP contribution in [0.25, 0.3) is 32.9 Å². The van der Waals surface area contributed by atoms with Gasteiger partial charge in [0.05, 0.1) is 16.5 Å². The summed E-state index contributed by atoms with van der Waals surface area (Å²) in [5.74, 6) is 1.33. The fourth-order valence-corrected chi connectivity index (χ4v) is 7.80. The van der Waals surface area contributed by atoms with Crippen molar-refractivity contribution in [1.82, 2.24) is 25.2 Å². The molecule has 6 heterocycles. The Balaban J connectivity index is 1.27. The highest BCUT2D eigenvalue weighted by Gasteiger charge is 2.49. The van der Waals surface area contributed by atoms with Crippen molar-refractivity contribution >= 4 is 27.5 Å². The van der Waals surface area contributed by atoms with Crippen LogP contribution in [0, 0.1) is 24.0 Å². The number of halogens is 3. The second-order valence-corrected chi connectivity index (χ2v) is 12.7. The van der Waals surface area contributed by atoms with Crippen molar-refractivity contribution in [2.45, 2.75) is 49.4 Å². The molecule has 11 heteroatoms. The molecular formula is C33H31F3N6O2. The number of alkyl halides is 1. The maximum absolute atomic E-state index is 16.7. The van der Waals surface area contributed by atoms with E-state index in [0.29, 0.717) is 42.6 Å². The Hall–Kier alpha value is -4.14. The lowest BCUT2D eigenvalue weighted by molar-refractivity contribution is 0.107. The lowest BCUT2D eigenvalue weighted by atomic mass is 9.87. The normalized spacial score (nSPS) is 26.4. The standard InChI is InChI=1S/C33H31F3N6O2/c1-2-22-25(35)5-4-19-12-21(43)13-23(26(19)22)28-27(36)29-24(15-37-28)30(41-11-8-32(17-41)7-9-38-32)40-31(39-29)44-18-33-6-3-10-42(33)16-20(34)14-33/h1,4-5,12-13,15,20,38,43H,3,6-11,14,16-18H2/t20?,32?,33-/m0/s1. The Morgan fingerprint density at radius 1 is 1.16 bits per heavy atom. The van der Waals surface area contributed by atoms with E-state index in [4.69, 9.17) is 16.1 Å². The van der Waals surface area contributed by atoms with Gasteiger partial charge in [-0.1, -0.05) is 12.0 Å². The maximum atomic E-state index is 16.7. The number of nitrogens with zero attached hydrogens (tertiary/aromatic N) is 5. The molecule has 0 saturated carbocycles. The van der Waals surface area contributed by atoms with Crippen LogP contribution in [0.2, 0.25) is 0 Å². The highest BCUT2D eigenvalue weighted by Crippen LogP contribution is 2.42. The third kappa shape index (κ3) is 4.19. The number of aromatic hydroxyl groups is 1. The molecule has 0 radical (unpaired) electrons. The minimum atomic E-state index is -0.913. The Kier molecular flexibility index (Phi) is 6.19. The number of aromatic nitrogens is 3. The van der Waals surface area contributed by atoms with Crippen molar-refractivity contribution in [1.29, 1.82) is 0 Å². The van der Waals surface area contributed by atoms with Crippen LogP contribution in [0.1, 0.15) is 37.7 Å². The number of hydrogen-bond donors (Lipinski definition) is 2. The largest absolute Gasteiger partial charge is 0.508 e. The van der Waals surface area contributed by atoms with Crippen molar-refractivity contribution < 1.29 is 23.0 Å². The zero-order valence-corrected chi connectivity index (χ0v) is 24.0. The fourth-order valence-electron chi connectivity index (χ4n) is 7.80. The molecule has 8 rings (SSSR count). The monoisotopic (exact) mass is 600 g/mol. The zero-order valence-electron chi connectivity index (χ0n) is 24.0. The zero-order chi connectivity index (χ0) is 30.2. The number of pyridine rings is 1. The van der Waals surface area contributed by atoms with Gasteiger partial charge in [-0.05, 0) is 62.4 Å². The summed E-state index contributed by atoms with van der Waals surface area (Å²) in [5.41, 5.74) is -0.472. The molecule has 4 aliphatic heterocycles. The molecule has 4 saturated heterocycles. The van der Waals surface area contributed by atoms with Gasteiger partial charge in [0.15, 0.2) is 5.82 Å². The van der Waals surface area contributed by atoms with Crippen molar-refractivity contribution in [2.24, 2.45) is 0 Å². The molecule has 4 aromatic rings. The summed E-state index contributed by atoms with van der Waals surface area (Å²) in [7, 11) is 0. The van der Waals surface area contributed by atoms with E-state index in [1.807, 2.05) is 0 Å². The molecule has 44 heavy (non-hydrogen) atoms. The van der Waals surface area contributed by atoms with Gasteiger partial charge in [-0.2, -0.15) is 9.97 Å². The number of fused-ring (bicyclic) bond motifs is 3. The fraction of sp³-hybridized carbons (Fsp3) is 0.424.